The second-order valence-corrected chi connectivity index (χ2v) is 6.14. The Bertz CT molecular complexity index is 264. The Morgan fingerprint density at radius 1 is 1.13 bits per heavy atom. The van der Waals surface area contributed by atoms with Gasteiger partial charge in [0, 0.05) is 37.9 Å². The second kappa shape index (κ2) is 6.91. The minimum Gasteiger partial charge on any atom is -0.195 e. The van der Waals surface area contributed by atoms with Crippen molar-refractivity contribution in [3.8, 4) is 0 Å². The van der Waals surface area contributed by atoms with Gasteiger partial charge in [-0.3, -0.25) is 0 Å². The van der Waals surface area contributed by atoms with Crippen LogP contribution in [0.1, 0.15) is 13.8 Å². The molecule has 0 bridgehead atoms. The standard InChI is InChI=1S/C8H18Cl2N2O2S/c1-8(2)11(3)15(13,14)12(6-4-9)7-5-10/h8H,4-7H2,1-3H3. The van der Waals surface area contributed by atoms with Crippen LogP contribution in [0.15, 0.2) is 0 Å². The van der Waals surface area contributed by atoms with Crippen LogP contribution in [-0.2, 0) is 10.2 Å². The van der Waals surface area contributed by atoms with Crippen molar-refractivity contribution in [3.63, 3.8) is 0 Å². The summed E-state index contributed by atoms with van der Waals surface area (Å²) in [5, 5.41) is 0. The van der Waals surface area contributed by atoms with Gasteiger partial charge in [-0.15, -0.1) is 23.2 Å². The summed E-state index contributed by atoms with van der Waals surface area (Å²) in [5.74, 6) is 0.532. The van der Waals surface area contributed by atoms with Crippen LogP contribution in [0.2, 0.25) is 0 Å². The number of hydrogen-bond acceptors (Lipinski definition) is 2. The first-order valence-electron chi connectivity index (χ1n) is 4.73. The molecule has 0 radical (unpaired) electrons. The maximum Gasteiger partial charge on any atom is 0.282 e. The number of nitrogens with zero attached hydrogens (tertiary/aromatic N) is 2. The van der Waals surface area contributed by atoms with Gasteiger partial charge in [-0.25, -0.2) is 0 Å². The van der Waals surface area contributed by atoms with Gasteiger partial charge in [0.1, 0.15) is 0 Å². The Labute approximate surface area is 102 Å². The first-order chi connectivity index (χ1) is 6.87. The monoisotopic (exact) mass is 276 g/mol. The Balaban J connectivity index is 4.78. The molecular formula is C8H18Cl2N2O2S. The van der Waals surface area contributed by atoms with E-state index < -0.39 is 10.2 Å². The summed E-state index contributed by atoms with van der Waals surface area (Å²) in [4.78, 5) is 0. The Morgan fingerprint density at radius 3 is 1.80 bits per heavy atom. The van der Waals surface area contributed by atoms with Gasteiger partial charge in [0.2, 0.25) is 0 Å². The van der Waals surface area contributed by atoms with Crippen LogP contribution in [0.4, 0.5) is 0 Å². The first kappa shape index (κ1) is 15.4. The van der Waals surface area contributed by atoms with Crippen LogP contribution < -0.4 is 0 Å². The molecule has 0 aliphatic carbocycles. The topological polar surface area (TPSA) is 40.6 Å². The molecule has 0 heterocycles. The molecule has 0 rings (SSSR count). The van der Waals surface area contributed by atoms with E-state index in [1.165, 1.54) is 8.61 Å². The third-order valence-corrected chi connectivity index (χ3v) is 4.59. The largest absolute Gasteiger partial charge is 0.282 e. The van der Waals surface area contributed by atoms with Gasteiger partial charge in [0.15, 0.2) is 0 Å². The minimum atomic E-state index is -3.43. The highest BCUT2D eigenvalue weighted by molar-refractivity contribution is 7.86. The number of halogens is 2. The van der Waals surface area contributed by atoms with E-state index in [0.717, 1.165) is 0 Å². The third-order valence-electron chi connectivity index (χ3n) is 2.09. The van der Waals surface area contributed by atoms with Gasteiger partial charge >= 0.3 is 0 Å². The highest BCUT2D eigenvalue weighted by Crippen LogP contribution is 2.10. The average Bonchev–Trinajstić information content (AvgIpc) is 2.16. The highest BCUT2D eigenvalue weighted by atomic mass is 35.5. The van der Waals surface area contributed by atoms with Crippen LogP contribution >= 0.6 is 23.2 Å². The second-order valence-electron chi connectivity index (χ2n) is 3.39. The van der Waals surface area contributed by atoms with Gasteiger partial charge in [-0.05, 0) is 13.8 Å². The van der Waals surface area contributed by atoms with Crippen molar-refractivity contribution < 1.29 is 8.42 Å². The van der Waals surface area contributed by atoms with Crippen LogP contribution in [0.3, 0.4) is 0 Å². The molecule has 0 N–H and O–H groups in total. The fourth-order valence-electron chi connectivity index (χ4n) is 0.980. The molecule has 0 aromatic rings. The zero-order chi connectivity index (χ0) is 12.1. The smallest absolute Gasteiger partial charge is 0.195 e. The van der Waals surface area contributed by atoms with Gasteiger partial charge in [-0.1, -0.05) is 0 Å². The van der Waals surface area contributed by atoms with Gasteiger partial charge in [0.05, 0.1) is 0 Å². The molecule has 0 saturated heterocycles. The predicted octanol–water partition coefficient (Wildman–Crippen LogP) is 1.35. The van der Waals surface area contributed by atoms with Crippen molar-refractivity contribution in [2.24, 2.45) is 0 Å². The zero-order valence-electron chi connectivity index (χ0n) is 9.28. The van der Waals surface area contributed by atoms with Crippen molar-refractivity contribution in [2.45, 2.75) is 19.9 Å². The lowest BCUT2D eigenvalue weighted by Gasteiger charge is -2.28. The van der Waals surface area contributed by atoms with Crippen molar-refractivity contribution >= 4 is 33.4 Å². The summed E-state index contributed by atoms with van der Waals surface area (Å²) in [7, 11) is -1.88. The van der Waals surface area contributed by atoms with Crippen molar-refractivity contribution in [1.29, 1.82) is 0 Å². The Hall–Kier alpha value is 0.450. The van der Waals surface area contributed by atoms with Crippen LogP contribution in [0, 0.1) is 0 Å². The van der Waals surface area contributed by atoms with Crippen molar-refractivity contribution in [3.05, 3.63) is 0 Å². The molecule has 0 aliphatic heterocycles. The van der Waals surface area contributed by atoms with Gasteiger partial charge in [0.25, 0.3) is 10.2 Å². The molecule has 0 aromatic heterocycles. The third kappa shape index (κ3) is 4.44. The predicted molar refractivity (Wildman–Crippen MR) is 64.8 cm³/mol. The lowest BCUT2D eigenvalue weighted by atomic mass is 10.4. The quantitative estimate of drug-likeness (QED) is 0.659. The molecule has 0 unspecified atom stereocenters. The maximum atomic E-state index is 12.0. The summed E-state index contributed by atoms with van der Waals surface area (Å²) < 4.78 is 26.6. The highest BCUT2D eigenvalue weighted by Gasteiger charge is 2.27. The first-order valence-corrected chi connectivity index (χ1v) is 7.19. The fraction of sp³-hybridized carbons (Fsp3) is 1.00. The summed E-state index contributed by atoms with van der Waals surface area (Å²) in [6.07, 6.45) is 0. The van der Waals surface area contributed by atoms with E-state index in [2.05, 4.69) is 0 Å². The van der Waals surface area contributed by atoms with Crippen LogP contribution in [0.25, 0.3) is 0 Å². The molecule has 92 valence electrons. The molecule has 0 fully saturated rings. The van der Waals surface area contributed by atoms with Crippen molar-refractivity contribution in [1.82, 2.24) is 8.61 Å². The van der Waals surface area contributed by atoms with Gasteiger partial charge in [-0.2, -0.15) is 17.0 Å². The van der Waals surface area contributed by atoms with E-state index in [-0.39, 0.29) is 30.9 Å². The summed E-state index contributed by atoms with van der Waals surface area (Å²) in [5.41, 5.74) is 0. The fourth-order valence-corrected chi connectivity index (χ4v) is 3.13. The van der Waals surface area contributed by atoms with E-state index >= 15 is 0 Å². The van der Waals surface area contributed by atoms with Crippen LogP contribution in [-0.4, -0.2) is 55.0 Å². The molecule has 0 amide bonds. The molecular weight excluding hydrogens is 259 g/mol. The summed E-state index contributed by atoms with van der Waals surface area (Å²) >= 11 is 11.1. The minimum absolute atomic E-state index is 0.0804. The molecule has 7 heteroatoms. The average molecular weight is 277 g/mol. The van der Waals surface area contributed by atoms with E-state index in [9.17, 15) is 8.42 Å². The lowest BCUT2D eigenvalue weighted by Crippen LogP contribution is -2.46. The van der Waals surface area contributed by atoms with Gasteiger partial charge < -0.3 is 0 Å². The SMILES string of the molecule is CC(C)N(C)S(=O)(=O)N(CCCl)CCCl. The van der Waals surface area contributed by atoms with E-state index in [0.29, 0.717) is 0 Å². The number of rotatable bonds is 7. The molecule has 0 atom stereocenters. The molecule has 0 spiro atoms. The van der Waals surface area contributed by atoms with Crippen LogP contribution in [0.5, 0.6) is 0 Å². The normalized spacial score (nSPS) is 13.1. The van der Waals surface area contributed by atoms with E-state index in [1.54, 1.807) is 7.05 Å². The zero-order valence-corrected chi connectivity index (χ0v) is 11.6. The molecule has 0 aromatic carbocycles. The van der Waals surface area contributed by atoms with E-state index in [1.807, 2.05) is 13.8 Å². The molecule has 4 nitrogen and oxygen atoms in total. The maximum absolute atomic E-state index is 12.0. The van der Waals surface area contributed by atoms with Crippen molar-refractivity contribution in [2.75, 3.05) is 31.9 Å². The Kier molecular flexibility index (Phi) is 7.12. The Morgan fingerprint density at radius 2 is 1.53 bits per heavy atom. The summed E-state index contributed by atoms with van der Waals surface area (Å²) in [6.45, 7) is 4.20. The number of hydrogen-bond donors (Lipinski definition) is 0. The number of alkyl halides is 2. The lowest BCUT2D eigenvalue weighted by molar-refractivity contribution is 0.349. The molecule has 0 aliphatic rings. The summed E-state index contributed by atoms with van der Waals surface area (Å²) in [6, 6.07) is -0.0804. The molecule has 15 heavy (non-hydrogen) atoms. The molecule has 0 saturated carbocycles. The van der Waals surface area contributed by atoms with E-state index in [4.69, 9.17) is 23.2 Å².